The maximum Gasteiger partial charge on any atom is 0.250 e. The number of aromatic nitrogens is 2. The van der Waals surface area contributed by atoms with Gasteiger partial charge in [-0.1, -0.05) is 30.3 Å². The summed E-state index contributed by atoms with van der Waals surface area (Å²) in [5.41, 5.74) is 7.47. The van der Waals surface area contributed by atoms with Gasteiger partial charge in [0.25, 0.3) is 5.91 Å². The van der Waals surface area contributed by atoms with Crippen molar-refractivity contribution < 1.29 is 4.79 Å². The van der Waals surface area contributed by atoms with Crippen LogP contribution in [-0.2, 0) is 0 Å². The average molecular weight is 290 g/mol. The predicted octanol–water partition coefficient (Wildman–Crippen LogP) is 3.05. The number of anilines is 3. The van der Waals surface area contributed by atoms with Crippen LogP contribution >= 0.6 is 0 Å². The van der Waals surface area contributed by atoms with Crippen LogP contribution in [0.15, 0.2) is 73.2 Å². The zero-order chi connectivity index (χ0) is 15.4. The van der Waals surface area contributed by atoms with Crippen LogP contribution in [0.2, 0.25) is 0 Å². The molecule has 0 unspecified atom stereocenters. The average Bonchev–Trinajstić information content (AvgIpc) is 2.57. The Morgan fingerprint density at radius 2 is 1.68 bits per heavy atom. The molecule has 0 aliphatic rings. The first-order valence-corrected chi connectivity index (χ1v) is 6.77. The molecule has 0 saturated carbocycles. The Labute approximate surface area is 128 Å². The lowest BCUT2D eigenvalue weighted by molar-refractivity contribution is 0.100. The molecule has 0 bridgehead atoms. The number of para-hydroxylation sites is 2. The monoisotopic (exact) mass is 290 g/mol. The van der Waals surface area contributed by atoms with Gasteiger partial charge in [-0.25, -0.2) is 4.98 Å². The topological polar surface area (TPSA) is 72.1 Å². The summed E-state index contributed by atoms with van der Waals surface area (Å²) in [7, 11) is 0. The van der Waals surface area contributed by atoms with Crippen molar-refractivity contribution >= 4 is 23.1 Å². The smallest absolute Gasteiger partial charge is 0.250 e. The number of hydrogen-bond donors (Lipinski definition) is 1. The molecular formula is C17H14N4O. The van der Waals surface area contributed by atoms with Crippen molar-refractivity contribution in [1.29, 1.82) is 0 Å². The fourth-order valence-electron chi connectivity index (χ4n) is 2.26. The van der Waals surface area contributed by atoms with Crippen molar-refractivity contribution in [3.8, 4) is 0 Å². The summed E-state index contributed by atoms with van der Waals surface area (Å²) in [4.78, 5) is 22.1. The van der Waals surface area contributed by atoms with Gasteiger partial charge in [0.1, 0.15) is 0 Å². The van der Waals surface area contributed by atoms with E-state index in [1.807, 2.05) is 47.4 Å². The second kappa shape index (κ2) is 6.05. The lowest BCUT2D eigenvalue weighted by Crippen LogP contribution is -2.19. The Kier molecular flexibility index (Phi) is 3.78. The first kappa shape index (κ1) is 13.8. The van der Waals surface area contributed by atoms with Gasteiger partial charge in [-0.2, -0.15) is 0 Å². The largest absolute Gasteiger partial charge is 0.366 e. The molecule has 0 saturated heterocycles. The number of nitrogens with two attached hydrogens (primary N) is 1. The van der Waals surface area contributed by atoms with E-state index < -0.39 is 5.91 Å². The zero-order valence-electron chi connectivity index (χ0n) is 11.8. The van der Waals surface area contributed by atoms with Gasteiger partial charge in [0.15, 0.2) is 5.82 Å². The molecule has 0 radical (unpaired) electrons. The molecule has 1 aromatic heterocycles. The molecule has 2 aromatic carbocycles. The molecule has 3 rings (SSSR count). The van der Waals surface area contributed by atoms with Gasteiger partial charge in [0, 0.05) is 18.1 Å². The summed E-state index contributed by atoms with van der Waals surface area (Å²) in [6.45, 7) is 0. The van der Waals surface area contributed by atoms with Crippen LogP contribution in [0.25, 0.3) is 0 Å². The fraction of sp³-hybridized carbons (Fsp3) is 0. The molecule has 0 spiro atoms. The van der Waals surface area contributed by atoms with Gasteiger partial charge in [0.2, 0.25) is 0 Å². The van der Waals surface area contributed by atoms with Crippen molar-refractivity contribution in [1.82, 2.24) is 9.97 Å². The van der Waals surface area contributed by atoms with E-state index in [4.69, 9.17) is 5.73 Å². The van der Waals surface area contributed by atoms with Crippen LogP contribution in [0.5, 0.6) is 0 Å². The molecule has 0 aliphatic carbocycles. The number of nitrogens with zero attached hydrogens (tertiary/aromatic N) is 3. The minimum Gasteiger partial charge on any atom is -0.366 e. The first-order chi connectivity index (χ1) is 10.8. The quantitative estimate of drug-likeness (QED) is 0.801. The Bertz CT molecular complexity index is 735. The Hall–Kier alpha value is -3.21. The van der Waals surface area contributed by atoms with E-state index in [2.05, 4.69) is 9.97 Å². The first-order valence-electron chi connectivity index (χ1n) is 6.77. The minimum absolute atomic E-state index is 0.428. The summed E-state index contributed by atoms with van der Waals surface area (Å²) in [6.07, 6.45) is 4.86. The molecule has 2 N–H and O–H groups in total. The van der Waals surface area contributed by atoms with Crippen LogP contribution in [0, 0.1) is 0 Å². The van der Waals surface area contributed by atoms with Crippen LogP contribution in [0.1, 0.15) is 10.4 Å². The van der Waals surface area contributed by atoms with E-state index in [0.29, 0.717) is 17.1 Å². The molecule has 1 amide bonds. The van der Waals surface area contributed by atoms with E-state index in [1.165, 1.54) is 0 Å². The van der Waals surface area contributed by atoms with E-state index in [1.54, 1.807) is 30.7 Å². The lowest BCUT2D eigenvalue weighted by atomic mass is 10.1. The van der Waals surface area contributed by atoms with Crippen molar-refractivity contribution in [3.05, 3.63) is 78.8 Å². The van der Waals surface area contributed by atoms with Gasteiger partial charge in [-0.3, -0.25) is 14.7 Å². The number of hydrogen-bond acceptors (Lipinski definition) is 4. The zero-order valence-corrected chi connectivity index (χ0v) is 11.8. The lowest BCUT2D eigenvalue weighted by Gasteiger charge is -2.25. The number of carbonyl (C=O) groups excluding carboxylic acids is 1. The summed E-state index contributed by atoms with van der Waals surface area (Å²) >= 11 is 0. The van der Waals surface area contributed by atoms with Crippen molar-refractivity contribution in [3.63, 3.8) is 0 Å². The number of benzene rings is 2. The predicted molar refractivity (Wildman–Crippen MR) is 85.2 cm³/mol. The van der Waals surface area contributed by atoms with Crippen molar-refractivity contribution in [2.24, 2.45) is 5.73 Å². The minimum atomic E-state index is -0.486. The number of carbonyl (C=O) groups is 1. The third kappa shape index (κ3) is 2.64. The van der Waals surface area contributed by atoms with Crippen LogP contribution in [0.3, 0.4) is 0 Å². The van der Waals surface area contributed by atoms with Gasteiger partial charge < -0.3 is 5.73 Å². The fourth-order valence-corrected chi connectivity index (χ4v) is 2.26. The maximum atomic E-state index is 11.7. The Morgan fingerprint density at radius 1 is 0.955 bits per heavy atom. The third-order valence-electron chi connectivity index (χ3n) is 3.20. The second-order valence-electron chi connectivity index (χ2n) is 4.62. The van der Waals surface area contributed by atoms with Crippen molar-refractivity contribution in [2.75, 3.05) is 4.90 Å². The Balaban J connectivity index is 2.21. The standard InChI is InChI=1S/C17H14N4O/c18-17(22)14-8-4-5-9-15(14)21(13-6-2-1-3-7-13)16-12-19-10-11-20-16/h1-12H,(H2,18,22). The van der Waals surface area contributed by atoms with Gasteiger partial charge in [0.05, 0.1) is 17.4 Å². The molecular weight excluding hydrogens is 276 g/mol. The van der Waals surface area contributed by atoms with E-state index in [9.17, 15) is 4.79 Å². The van der Waals surface area contributed by atoms with Crippen LogP contribution < -0.4 is 10.6 Å². The molecule has 5 heteroatoms. The van der Waals surface area contributed by atoms with Crippen molar-refractivity contribution in [2.45, 2.75) is 0 Å². The van der Waals surface area contributed by atoms with E-state index in [-0.39, 0.29) is 0 Å². The Morgan fingerprint density at radius 3 is 2.36 bits per heavy atom. The number of primary amides is 1. The molecule has 22 heavy (non-hydrogen) atoms. The van der Waals surface area contributed by atoms with Gasteiger partial charge in [-0.15, -0.1) is 0 Å². The molecule has 0 atom stereocenters. The summed E-state index contributed by atoms with van der Waals surface area (Å²) in [5, 5.41) is 0. The number of amides is 1. The summed E-state index contributed by atoms with van der Waals surface area (Å²) < 4.78 is 0. The van der Waals surface area contributed by atoms with Crippen LogP contribution in [-0.4, -0.2) is 15.9 Å². The second-order valence-corrected chi connectivity index (χ2v) is 4.62. The SMILES string of the molecule is NC(=O)c1ccccc1N(c1ccccc1)c1cnccn1. The van der Waals surface area contributed by atoms with Gasteiger partial charge >= 0.3 is 0 Å². The molecule has 108 valence electrons. The van der Waals surface area contributed by atoms with Gasteiger partial charge in [-0.05, 0) is 24.3 Å². The third-order valence-corrected chi connectivity index (χ3v) is 3.20. The molecule has 1 heterocycles. The van der Waals surface area contributed by atoms with E-state index in [0.717, 1.165) is 5.69 Å². The highest BCUT2D eigenvalue weighted by atomic mass is 16.1. The van der Waals surface area contributed by atoms with E-state index >= 15 is 0 Å². The molecule has 5 nitrogen and oxygen atoms in total. The molecule has 0 aliphatic heterocycles. The highest BCUT2D eigenvalue weighted by Gasteiger charge is 2.18. The summed E-state index contributed by atoms with van der Waals surface area (Å²) in [6, 6.07) is 16.8. The molecule has 3 aromatic rings. The maximum absolute atomic E-state index is 11.7. The van der Waals surface area contributed by atoms with Crippen LogP contribution in [0.4, 0.5) is 17.2 Å². The highest BCUT2D eigenvalue weighted by Crippen LogP contribution is 2.34. The summed E-state index contributed by atoms with van der Waals surface area (Å²) in [5.74, 6) is 0.128. The highest BCUT2D eigenvalue weighted by molar-refractivity contribution is 6.00. The number of rotatable bonds is 4. The molecule has 0 fully saturated rings. The normalized spacial score (nSPS) is 10.2.